The molecule has 1 aromatic carbocycles. The lowest BCUT2D eigenvalue weighted by Crippen LogP contribution is -2.36. The third-order valence-electron chi connectivity index (χ3n) is 3.68. The Kier molecular flexibility index (Phi) is 4.40. The number of carbonyl (C=O) groups excluding carboxylic acids is 1. The predicted molar refractivity (Wildman–Crippen MR) is 80.0 cm³/mol. The number of halogens is 4. The molecule has 2 aromatic rings. The highest BCUT2D eigenvalue weighted by Crippen LogP contribution is 2.26. The molecule has 0 saturated carbocycles. The van der Waals surface area contributed by atoms with E-state index < -0.39 is 18.7 Å². The van der Waals surface area contributed by atoms with Crippen molar-refractivity contribution in [2.45, 2.75) is 19.1 Å². The predicted octanol–water partition coefficient (Wildman–Crippen LogP) is 3.20. The molecule has 0 saturated heterocycles. The second-order valence-electron chi connectivity index (χ2n) is 5.41. The van der Waals surface area contributed by atoms with Crippen LogP contribution in [0.25, 0.3) is 0 Å². The fourth-order valence-corrected chi connectivity index (χ4v) is 2.75. The summed E-state index contributed by atoms with van der Waals surface area (Å²) in [5, 5.41) is 6.47. The van der Waals surface area contributed by atoms with Crippen LogP contribution in [0.15, 0.2) is 24.4 Å². The molecule has 0 fully saturated rings. The number of alkyl halides is 3. The van der Waals surface area contributed by atoms with E-state index in [9.17, 15) is 18.0 Å². The molecule has 2 heterocycles. The molecule has 3 rings (SSSR count). The zero-order valence-electron chi connectivity index (χ0n) is 12.4. The third kappa shape index (κ3) is 3.64. The molecule has 5 nitrogen and oxygen atoms in total. The number of H-pyrrole nitrogens is 1. The van der Waals surface area contributed by atoms with Gasteiger partial charge in [0.25, 0.3) is 5.91 Å². The number of nitrogens with one attached hydrogen (secondary N) is 1. The van der Waals surface area contributed by atoms with E-state index >= 15 is 0 Å². The van der Waals surface area contributed by atoms with Gasteiger partial charge in [0, 0.05) is 18.1 Å². The Labute approximate surface area is 140 Å². The normalized spacial score (nSPS) is 14.4. The first kappa shape index (κ1) is 16.6. The van der Waals surface area contributed by atoms with Gasteiger partial charge in [-0.05, 0) is 29.7 Å². The van der Waals surface area contributed by atoms with Crippen LogP contribution >= 0.6 is 11.6 Å². The van der Waals surface area contributed by atoms with Gasteiger partial charge in [0.15, 0.2) is 6.61 Å². The number of aromatic amines is 1. The maximum atomic E-state index is 12.6. The molecule has 1 aliphatic rings. The number of aromatic nitrogens is 2. The molecule has 1 amide bonds. The van der Waals surface area contributed by atoms with E-state index in [0.717, 1.165) is 11.1 Å². The summed E-state index contributed by atoms with van der Waals surface area (Å²) in [6.07, 6.45) is -2.68. The van der Waals surface area contributed by atoms with Crippen LogP contribution < -0.4 is 4.74 Å². The lowest BCUT2D eigenvalue weighted by atomic mass is 9.99. The molecular weight excluding hydrogens is 347 g/mol. The van der Waals surface area contributed by atoms with Gasteiger partial charge in [-0.25, -0.2) is 5.10 Å². The highest BCUT2D eigenvalue weighted by molar-refractivity contribution is 6.30. The molecule has 1 N–H and O–H groups in total. The van der Waals surface area contributed by atoms with Crippen molar-refractivity contribution in [3.8, 4) is 5.88 Å². The third-order valence-corrected chi connectivity index (χ3v) is 3.92. The van der Waals surface area contributed by atoms with E-state index in [0.29, 0.717) is 24.5 Å². The average molecular weight is 360 g/mol. The standard InChI is InChI=1S/C15H13ClF3N3O2/c16-11-2-1-9-3-4-22(7-10(9)5-11)14(23)12-6-20-21-13(12)24-8-15(17,18)19/h1-2,5-6H,3-4,7-8H2,(H,20,21). The number of fused-ring (bicyclic) bond motifs is 1. The number of amides is 1. The first-order valence-electron chi connectivity index (χ1n) is 7.13. The summed E-state index contributed by atoms with van der Waals surface area (Å²) >= 11 is 5.97. The highest BCUT2D eigenvalue weighted by Gasteiger charge is 2.31. The van der Waals surface area contributed by atoms with Gasteiger partial charge in [-0.3, -0.25) is 4.79 Å². The van der Waals surface area contributed by atoms with Crippen LogP contribution in [0.5, 0.6) is 5.88 Å². The Bertz CT molecular complexity index is 761. The number of ether oxygens (including phenoxy) is 1. The average Bonchev–Trinajstić information content (AvgIpc) is 2.99. The molecule has 0 spiro atoms. The van der Waals surface area contributed by atoms with Crippen LogP contribution in [0, 0.1) is 0 Å². The molecule has 24 heavy (non-hydrogen) atoms. The van der Waals surface area contributed by atoms with E-state index in [-0.39, 0.29) is 11.4 Å². The van der Waals surface area contributed by atoms with Gasteiger partial charge in [0.05, 0.1) is 6.20 Å². The molecule has 1 aliphatic heterocycles. The Morgan fingerprint density at radius 3 is 2.92 bits per heavy atom. The van der Waals surface area contributed by atoms with Crippen LogP contribution in [-0.4, -0.2) is 40.3 Å². The summed E-state index contributed by atoms with van der Waals surface area (Å²) in [6, 6.07) is 5.49. The van der Waals surface area contributed by atoms with Gasteiger partial charge < -0.3 is 9.64 Å². The maximum absolute atomic E-state index is 12.6. The van der Waals surface area contributed by atoms with Crippen molar-refractivity contribution in [1.29, 1.82) is 0 Å². The molecule has 128 valence electrons. The lowest BCUT2D eigenvalue weighted by Gasteiger charge is -2.29. The fourth-order valence-electron chi connectivity index (χ4n) is 2.56. The van der Waals surface area contributed by atoms with Gasteiger partial charge in [-0.1, -0.05) is 17.7 Å². The van der Waals surface area contributed by atoms with Crippen molar-refractivity contribution in [1.82, 2.24) is 15.1 Å². The fraction of sp³-hybridized carbons (Fsp3) is 0.333. The molecule has 1 aromatic heterocycles. The summed E-state index contributed by atoms with van der Waals surface area (Å²) in [5.74, 6) is -0.722. The van der Waals surface area contributed by atoms with E-state index in [4.69, 9.17) is 11.6 Å². The Morgan fingerprint density at radius 2 is 2.17 bits per heavy atom. The largest absolute Gasteiger partial charge is 0.468 e. The van der Waals surface area contributed by atoms with Crippen molar-refractivity contribution in [3.05, 3.63) is 46.1 Å². The van der Waals surface area contributed by atoms with Crippen molar-refractivity contribution in [2.24, 2.45) is 0 Å². The van der Waals surface area contributed by atoms with Crippen LogP contribution in [0.4, 0.5) is 13.2 Å². The summed E-state index contributed by atoms with van der Waals surface area (Å²) in [5.41, 5.74) is 2.00. The number of hydrogen-bond donors (Lipinski definition) is 1. The molecule has 0 radical (unpaired) electrons. The second kappa shape index (κ2) is 6.35. The van der Waals surface area contributed by atoms with Gasteiger partial charge in [-0.2, -0.15) is 18.3 Å². The Morgan fingerprint density at radius 1 is 1.38 bits per heavy atom. The minimum atomic E-state index is -4.49. The van der Waals surface area contributed by atoms with Crippen molar-refractivity contribution in [2.75, 3.05) is 13.2 Å². The zero-order chi connectivity index (χ0) is 17.3. The van der Waals surface area contributed by atoms with E-state index in [1.165, 1.54) is 11.1 Å². The summed E-state index contributed by atoms with van der Waals surface area (Å²) < 4.78 is 41.4. The first-order chi connectivity index (χ1) is 11.3. The van der Waals surface area contributed by atoms with Crippen molar-refractivity contribution >= 4 is 17.5 Å². The number of hydrogen-bond acceptors (Lipinski definition) is 3. The lowest BCUT2D eigenvalue weighted by molar-refractivity contribution is -0.154. The van der Waals surface area contributed by atoms with E-state index in [1.54, 1.807) is 12.1 Å². The summed E-state index contributed by atoms with van der Waals surface area (Å²) in [4.78, 5) is 14.1. The summed E-state index contributed by atoms with van der Waals surface area (Å²) in [6.45, 7) is -0.704. The quantitative estimate of drug-likeness (QED) is 0.915. The van der Waals surface area contributed by atoms with Crippen molar-refractivity contribution < 1.29 is 22.7 Å². The topological polar surface area (TPSA) is 58.2 Å². The molecular formula is C15H13ClF3N3O2. The van der Waals surface area contributed by atoms with Crippen LogP contribution in [0.1, 0.15) is 21.5 Å². The first-order valence-corrected chi connectivity index (χ1v) is 7.51. The Hall–Kier alpha value is -2.22. The maximum Gasteiger partial charge on any atom is 0.422 e. The van der Waals surface area contributed by atoms with Gasteiger partial charge in [0.2, 0.25) is 5.88 Å². The van der Waals surface area contributed by atoms with Crippen LogP contribution in [-0.2, 0) is 13.0 Å². The van der Waals surface area contributed by atoms with Gasteiger partial charge in [-0.15, -0.1) is 0 Å². The van der Waals surface area contributed by atoms with E-state index in [2.05, 4.69) is 14.9 Å². The minimum Gasteiger partial charge on any atom is -0.468 e. The monoisotopic (exact) mass is 359 g/mol. The second-order valence-corrected chi connectivity index (χ2v) is 5.84. The molecule has 0 atom stereocenters. The highest BCUT2D eigenvalue weighted by atomic mass is 35.5. The summed E-state index contributed by atoms with van der Waals surface area (Å²) in [7, 11) is 0. The SMILES string of the molecule is O=C(c1cn[nH]c1OCC(F)(F)F)N1CCc2ccc(Cl)cc2C1. The van der Waals surface area contributed by atoms with Crippen molar-refractivity contribution in [3.63, 3.8) is 0 Å². The molecule has 0 aliphatic carbocycles. The number of rotatable bonds is 3. The van der Waals surface area contributed by atoms with Crippen LogP contribution in [0.3, 0.4) is 0 Å². The Balaban J connectivity index is 1.75. The molecule has 0 unspecified atom stereocenters. The van der Waals surface area contributed by atoms with Crippen LogP contribution in [0.2, 0.25) is 5.02 Å². The van der Waals surface area contributed by atoms with Gasteiger partial charge >= 0.3 is 6.18 Å². The van der Waals surface area contributed by atoms with Gasteiger partial charge in [0.1, 0.15) is 5.56 Å². The molecule has 0 bridgehead atoms. The smallest absolute Gasteiger partial charge is 0.422 e. The number of carbonyl (C=O) groups is 1. The zero-order valence-corrected chi connectivity index (χ0v) is 13.1. The number of nitrogens with zero attached hydrogens (tertiary/aromatic N) is 2. The molecule has 9 heteroatoms. The number of benzene rings is 1. The van der Waals surface area contributed by atoms with E-state index in [1.807, 2.05) is 6.07 Å². The minimum absolute atomic E-state index is 0.0234.